The molecule has 3 N–H and O–H groups in total. The Bertz CT molecular complexity index is 90.6. The van der Waals surface area contributed by atoms with Crippen molar-refractivity contribution in [3.05, 3.63) is 0 Å². The molecule has 0 spiro atoms. The molecule has 50 valence electrons. The minimum atomic E-state index is -0.959. The number of carboxylic acid groups (broad SMARTS) is 1. The van der Waals surface area contributed by atoms with E-state index in [0.717, 1.165) is 0 Å². The van der Waals surface area contributed by atoms with Gasteiger partial charge in [0.25, 0.3) is 0 Å². The summed E-state index contributed by atoms with van der Waals surface area (Å²) in [5, 5.41) is 8.15. The molecule has 0 rings (SSSR count). The van der Waals surface area contributed by atoms with E-state index < -0.39 is 12.0 Å². The molecular weight excluding hydrogens is 149 g/mol. The molecule has 0 aromatic carbocycles. The van der Waals surface area contributed by atoms with E-state index in [1.54, 1.807) is 0 Å². The van der Waals surface area contributed by atoms with Crippen LogP contribution in [-0.4, -0.2) is 52.4 Å². The Kier molecular flexibility index (Phi) is 9.54. The zero-order chi connectivity index (χ0) is 6.57. The van der Waals surface area contributed by atoms with Crippen LogP contribution < -0.4 is 5.73 Å². The molecule has 0 heterocycles. The van der Waals surface area contributed by atoms with Crippen LogP contribution in [0, 0.1) is 0 Å². The number of thiol groups is 1. The summed E-state index contributed by atoms with van der Waals surface area (Å²) in [5.41, 5.74) is 5.08. The molecule has 5 heteroatoms. The molecule has 0 saturated carbocycles. The molecule has 0 saturated heterocycles. The number of carbonyl (C=O) groups is 1. The van der Waals surface area contributed by atoms with Crippen molar-refractivity contribution in [2.45, 2.75) is 12.5 Å². The summed E-state index contributed by atoms with van der Waals surface area (Å²) in [6.45, 7) is 0. The summed E-state index contributed by atoms with van der Waals surface area (Å²) in [5.74, 6) is -0.438. The van der Waals surface area contributed by atoms with Gasteiger partial charge in [-0.3, -0.25) is 4.79 Å². The molecule has 3 nitrogen and oxygen atoms in total. The van der Waals surface area contributed by atoms with Gasteiger partial charge in [0.1, 0.15) is 6.04 Å². The fourth-order valence-electron chi connectivity index (χ4n) is 0.263. The molecular formula is C4H10NNaO2S. The van der Waals surface area contributed by atoms with Crippen LogP contribution in [0.2, 0.25) is 0 Å². The number of hydrogen-bond acceptors (Lipinski definition) is 3. The molecule has 1 atom stereocenters. The van der Waals surface area contributed by atoms with Crippen LogP contribution in [0.1, 0.15) is 6.42 Å². The second-order valence-electron chi connectivity index (χ2n) is 1.46. The second-order valence-corrected chi connectivity index (χ2v) is 1.90. The van der Waals surface area contributed by atoms with Gasteiger partial charge in [-0.2, -0.15) is 12.6 Å². The van der Waals surface area contributed by atoms with E-state index in [0.29, 0.717) is 12.2 Å². The first-order valence-corrected chi connectivity index (χ1v) is 2.91. The summed E-state index contributed by atoms with van der Waals surface area (Å²) in [6.07, 6.45) is 0.429. The van der Waals surface area contributed by atoms with Crippen LogP contribution in [0.5, 0.6) is 0 Å². The molecule has 0 aromatic rings. The van der Waals surface area contributed by atoms with Crippen molar-refractivity contribution in [1.29, 1.82) is 0 Å². The van der Waals surface area contributed by atoms with Gasteiger partial charge in [-0.15, -0.1) is 0 Å². The summed E-state index contributed by atoms with van der Waals surface area (Å²) >= 11 is 3.81. The van der Waals surface area contributed by atoms with Crippen molar-refractivity contribution >= 4 is 48.2 Å². The first kappa shape index (κ1) is 12.5. The van der Waals surface area contributed by atoms with Gasteiger partial charge >= 0.3 is 35.5 Å². The summed E-state index contributed by atoms with van der Waals surface area (Å²) in [6, 6.07) is -0.743. The molecule has 0 aliphatic carbocycles. The number of nitrogens with two attached hydrogens (primary N) is 1. The Hall–Kier alpha value is 0.780. The van der Waals surface area contributed by atoms with Crippen molar-refractivity contribution in [2.75, 3.05) is 5.75 Å². The fourth-order valence-corrected chi connectivity index (χ4v) is 0.541. The first-order valence-electron chi connectivity index (χ1n) is 2.27. The van der Waals surface area contributed by atoms with Gasteiger partial charge in [-0.25, -0.2) is 0 Å². The van der Waals surface area contributed by atoms with Crippen LogP contribution >= 0.6 is 12.6 Å². The van der Waals surface area contributed by atoms with Gasteiger partial charge < -0.3 is 10.8 Å². The zero-order valence-electron chi connectivity index (χ0n) is 4.37. The maximum absolute atomic E-state index is 9.93. The second kappa shape index (κ2) is 6.89. The zero-order valence-corrected chi connectivity index (χ0v) is 5.27. The van der Waals surface area contributed by atoms with E-state index in [-0.39, 0.29) is 29.6 Å². The van der Waals surface area contributed by atoms with Crippen molar-refractivity contribution in [1.82, 2.24) is 0 Å². The van der Waals surface area contributed by atoms with Crippen molar-refractivity contribution in [3.8, 4) is 0 Å². The third-order valence-electron chi connectivity index (χ3n) is 0.757. The van der Waals surface area contributed by atoms with E-state index in [9.17, 15) is 4.79 Å². The SMILES string of the molecule is NC(CCS)C(=O)O.[NaH]. The number of carboxylic acids is 1. The normalized spacial score (nSPS) is 11.8. The molecule has 0 aliphatic rings. The Morgan fingerprint density at radius 3 is 2.33 bits per heavy atom. The average Bonchev–Trinajstić information content (AvgIpc) is 1.67. The third kappa shape index (κ3) is 6.67. The average molecular weight is 159 g/mol. The van der Waals surface area contributed by atoms with Crippen LogP contribution in [-0.2, 0) is 4.79 Å². The van der Waals surface area contributed by atoms with E-state index in [1.807, 2.05) is 0 Å². The molecule has 0 radical (unpaired) electrons. The van der Waals surface area contributed by atoms with Crippen molar-refractivity contribution < 1.29 is 9.90 Å². The maximum atomic E-state index is 9.93. The molecule has 0 aromatic heterocycles. The Morgan fingerprint density at radius 1 is 1.78 bits per heavy atom. The number of rotatable bonds is 3. The van der Waals surface area contributed by atoms with Gasteiger partial charge in [-0.05, 0) is 12.2 Å². The summed E-state index contributed by atoms with van der Waals surface area (Å²) in [7, 11) is 0. The predicted molar refractivity (Wildman–Crippen MR) is 41.2 cm³/mol. The first-order chi connectivity index (χ1) is 3.68. The van der Waals surface area contributed by atoms with Gasteiger partial charge in [0.05, 0.1) is 0 Å². The van der Waals surface area contributed by atoms with Gasteiger partial charge in [0.15, 0.2) is 0 Å². The topological polar surface area (TPSA) is 63.3 Å². The number of aliphatic carboxylic acids is 1. The Morgan fingerprint density at radius 2 is 2.22 bits per heavy atom. The third-order valence-corrected chi connectivity index (χ3v) is 1.02. The quantitative estimate of drug-likeness (QED) is 0.368. The Labute approximate surface area is 81.7 Å². The monoisotopic (exact) mass is 159 g/mol. The molecule has 9 heavy (non-hydrogen) atoms. The van der Waals surface area contributed by atoms with E-state index in [2.05, 4.69) is 12.6 Å². The van der Waals surface area contributed by atoms with Crippen LogP contribution in [0.25, 0.3) is 0 Å². The van der Waals surface area contributed by atoms with Crippen LogP contribution in [0.15, 0.2) is 0 Å². The predicted octanol–water partition coefficient (Wildman–Crippen LogP) is -0.930. The van der Waals surface area contributed by atoms with Crippen LogP contribution in [0.3, 0.4) is 0 Å². The van der Waals surface area contributed by atoms with E-state index in [4.69, 9.17) is 10.8 Å². The molecule has 1 unspecified atom stereocenters. The van der Waals surface area contributed by atoms with Crippen LogP contribution in [0.4, 0.5) is 0 Å². The molecule has 0 amide bonds. The van der Waals surface area contributed by atoms with Gasteiger partial charge in [0, 0.05) is 0 Å². The van der Waals surface area contributed by atoms with E-state index >= 15 is 0 Å². The van der Waals surface area contributed by atoms with Crippen molar-refractivity contribution in [3.63, 3.8) is 0 Å². The number of hydrogen-bond donors (Lipinski definition) is 3. The van der Waals surface area contributed by atoms with Crippen molar-refractivity contribution in [2.24, 2.45) is 5.73 Å². The van der Waals surface area contributed by atoms with Gasteiger partial charge in [0.2, 0.25) is 0 Å². The van der Waals surface area contributed by atoms with Gasteiger partial charge in [-0.1, -0.05) is 0 Å². The van der Waals surface area contributed by atoms with E-state index in [1.165, 1.54) is 0 Å². The Balaban J connectivity index is 0. The fraction of sp³-hybridized carbons (Fsp3) is 0.750. The standard InChI is InChI=1S/C4H9NO2S.Na.H/c5-3(1-2-8)4(6)7;;/h3,8H,1-2,5H2,(H,6,7);;. The minimum absolute atomic E-state index is 0. The summed E-state index contributed by atoms with van der Waals surface area (Å²) in [4.78, 5) is 9.93. The summed E-state index contributed by atoms with van der Waals surface area (Å²) < 4.78 is 0. The molecule has 0 fully saturated rings. The molecule has 0 bridgehead atoms. The molecule has 0 aliphatic heterocycles.